The number of rotatable bonds is 11. The van der Waals surface area contributed by atoms with E-state index in [1.54, 1.807) is 53.3 Å². The summed E-state index contributed by atoms with van der Waals surface area (Å²) in [7, 11) is 5.93. The van der Waals surface area contributed by atoms with Crippen molar-refractivity contribution in [1.29, 1.82) is 0 Å². The lowest BCUT2D eigenvalue weighted by molar-refractivity contribution is 0.0511. The summed E-state index contributed by atoms with van der Waals surface area (Å²) in [6.07, 6.45) is 0. The number of aromatic hydroxyl groups is 1. The Morgan fingerprint density at radius 3 is 1.39 bits per heavy atom. The van der Waals surface area contributed by atoms with Crippen LogP contribution in [-0.2, 0) is 4.74 Å². The van der Waals surface area contributed by atoms with Crippen LogP contribution in [0.5, 0.6) is 17.2 Å². The number of likely N-dealkylation sites (N-methyl/N-ethyl adjacent to an activating group) is 2. The molecule has 0 amide bonds. The lowest BCUT2D eigenvalue weighted by atomic mass is 10.1. The van der Waals surface area contributed by atoms with Crippen molar-refractivity contribution in [3.63, 3.8) is 0 Å². The Labute approximate surface area is 426 Å². The molecule has 2 N–H and O–H groups in total. The zero-order valence-corrected chi connectivity index (χ0v) is 42.0. The minimum Gasteiger partial charge on any atom is -0.508 e. The average Bonchev–Trinajstić information content (AvgIpc) is 4.19. The van der Waals surface area contributed by atoms with E-state index >= 15 is 0 Å². The fourth-order valence-corrected chi connectivity index (χ4v) is 11.0. The quantitative estimate of drug-likeness (QED) is 0.0948. The molecule has 2 aliphatic heterocycles. The number of thiophene rings is 3. The van der Waals surface area contributed by atoms with E-state index in [-0.39, 0.29) is 26.6 Å². The summed E-state index contributed by atoms with van der Waals surface area (Å²) < 4.78 is 19.2. The molecule has 2 fully saturated rings. The zero-order chi connectivity index (χ0) is 47.7. The van der Waals surface area contributed by atoms with E-state index in [0.717, 1.165) is 119 Å². The predicted molar refractivity (Wildman–Crippen MR) is 293 cm³/mol. The van der Waals surface area contributed by atoms with E-state index in [1.165, 1.54) is 20.2 Å². The van der Waals surface area contributed by atoms with E-state index in [1.807, 2.05) is 78.2 Å². The number of phenolic OH excluding ortho intramolecular Hbond substituents is 1. The largest absolute Gasteiger partial charge is 0.508 e. The normalized spacial score (nSPS) is 14.2. The number of aliphatic hydroxyl groups excluding tert-OH is 1. The Bertz CT molecular complexity index is 3080. The van der Waals surface area contributed by atoms with Crippen molar-refractivity contribution in [2.75, 3.05) is 103 Å². The van der Waals surface area contributed by atoms with Crippen LogP contribution in [0.3, 0.4) is 0 Å². The number of aliphatic hydroxyl groups is 1. The number of pyridine rings is 3. The molecule has 0 spiro atoms. The van der Waals surface area contributed by atoms with Crippen LogP contribution in [0.1, 0.15) is 7.43 Å². The number of methoxy groups -OCH3 is 1. The number of fused-ring (bicyclic) bond motifs is 3. The van der Waals surface area contributed by atoms with Crippen LogP contribution < -0.4 is 19.3 Å². The molecular formula is C54H58ClN7O5S3. The number of halogens is 1. The molecule has 3 aromatic carbocycles. The predicted octanol–water partition coefficient (Wildman–Crippen LogP) is 11.7. The second kappa shape index (κ2) is 23.8. The van der Waals surface area contributed by atoms with Gasteiger partial charge in [0.2, 0.25) is 0 Å². The highest BCUT2D eigenvalue weighted by Gasteiger charge is 2.21. The van der Waals surface area contributed by atoms with E-state index in [2.05, 4.69) is 73.7 Å². The Hall–Kier alpha value is -5.88. The number of phenols is 1. The summed E-state index contributed by atoms with van der Waals surface area (Å²) in [6, 6.07) is 35.6. The molecule has 16 heteroatoms. The van der Waals surface area contributed by atoms with Gasteiger partial charge in [0.15, 0.2) is 6.79 Å². The summed E-state index contributed by atoms with van der Waals surface area (Å²) in [5, 5.41) is 28.8. The summed E-state index contributed by atoms with van der Waals surface area (Å²) in [6.45, 7) is 8.87. The van der Waals surface area contributed by atoms with Crippen LogP contribution in [-0.4, -0.2) is 129 Å². The molecule has 9 aromatic rings. The third kappa shape index (κ3) is 12.2. The van der Waals surface area contributed by atoms with Gasteiger partial charge in [-0.15, -0.1) is 34.0 Å². The van der Waals surface area contributed by atoms with Gasteiger partial charge in [0, 0.05) is 76.2 Å². The Morgan fingerprint density at radius 1 is 0.543 bits per heavy atom. The molecule has 0 radical (unpaired) electrons. The number of aromatic nitrogens is 3. The lowest BCUT2D eigenvalue weighted by Gasteiger charge is -2.33. The van der Waals surface area contributed by atoms with E-state index in [0.29, 0.717) is 11.8 Å². The van der Waals surface area contributed by atoms with Crippen LogP contribution in [0.25, 0.3) is 64.0 Å². The van der Waals surface area contributed by atoms with Crippen LogP contribution in [0.2, 0.25) is 5.15 Å². The molecule has 11 rings (SSSR count). The number of anilines is 2. The fraction of sp³-hybridized carbons (Fsp3) is 0.278. The second-order valence-electron chi connectivity index (χ2n) is 16.8. The van der Waals surface area contributed by atoms with Crippen molar-refractivity contribution in [3.8, 4) is 51.0 Å². The molecule has 2 saturated heterocycles. The molecule has 0 aliphatic carbocycles. The fourth-order valence-electron chi connectivity index (χ4n) is 8.13. The maximum Gasteiger partial charge on any atom is 0.188 e. The lowest BCUT2D eigenvalue weighted by Crippen LogP contribution is -2.44. The molecule has 70 heavy (non-hydrogen) atoms. The first-order valence-electron chi connectivity index (χ1n) is 22.8. The maximum atomic E-state index is 9.49. The highest BCUT2D eigenvalue weighted by Crippen LogP contribution is 2.37. The van der Waals surface area contributed by atoms with Crippen LogP contribution in [0, 0.1) is 0 Å². The molecule has 0 unspecified atom stereocenters. The molecule has 12 nitrogen and oxygen atoms in total. The number of hydrogen-bond acceptors (Lipinski definition) is 15. The zero-order valence-electron chi connectivity index (χ0n) is 38.8. The first-order chi connectivity index (χ1) is 33.7. The van der Waals surface area contributed by atoms with Gasteiger partial charge in [-0.1, -0.05) is 19.0 Å². The van der Waals surface area contributed by atoms with Crippen molar-refractivity contribution in [2.24, 2.45) is 0 Å². The van der Waals surface area contributed by atoms with E-state index in [9.17, 15) is 5.11 Å². The maximum absolute atomic E-state index is 9.49. The smallest absolute Gasteiger partial charge is 0.188 e. The molecule has 8 heterocycles. The van der Waals surface area contributed by atoms with Crippen molar-refractivity contribution in [2.45, 2.75) is 7.43 Å². The highest BCUT2D eigenvalue weighted by atomic mass is 35.5. The van der Waals surface area contributed by atoms with Gasteiger partial charge in [-0.25, -0.2) is 15.0 Å². The molecule has 0 atom stereocenters. The van der Waals surface area contributed by atoms with Crippen LogP contribution in [0.4, 0.5) is 11.6 Å². The Kier molecular flexibility index (Phi) is 17.2. The summed E-state index contributed by atoms with van der Waals surface area (Å²) in [5.41, 5.74) is 5.92. The Balaban J connectivity index is 0.000000141. The number of nitrogens with zero attached hydrogens (tertiary/aromatic N) is 7. The van der Waals surface area contributed by atoms with Gasteiger partial charge in [-0.3, -0.25) is 0 Å². The number of hydrogen-bond donors (Lipinski definition) is 2. The van der Waals surface area contributed by atoms with E-state index < -0.39 is 0 Å². The van der Waals surface area contributed by atoms with Gasteiger partial charge in [0.05, 0.1) is 37.8 Å². The third-order valence-corrected chi connectivity index (χ3v) is 15.2. The van der Waals surface area contributed by atoms with Gasteiger partial charge >= 0.3 is 0 Å². The topological polar surface area (TPSA) is 120 Å². The van der Waals surface area contributed by atoms with Crippen molar-refractivity contribution in [1.82, 2.24) is 24.8 Å². The minimum atomic E-state index is 0. The van der Waals surface area contributed by atoms with Crippen molar-refractivity contribution in [3.05, 3.63) is 130 Å². The molecule has 0 saturated carbocycles. The van der Waals surface area contributed by atoms with Gasteiger partial charge < -0.3 is 44.0 Å². The Morgan fingerprint density at radius 2 is 0.943 bits per heavy atom. The number of piperazine rings is 2. The number of ether oxygens (including phenoxy) is 3. The second-order valence-corrected chi connectivity index (χ2v) is 19.9. The van der Waals surface area contributed by atoms with Gasteiger partial charge in [0.25, 0.3) is 0 Å². The van der Waals surface area contributed by atoms with Crippen molar-refractivity contribution < 1.29 is 24.4 Å². The van der Waals surface area contributed by atoms with Crippen LogP contribution >= 0.6 is 45.6 Å². The van der Waals surface area contributed by atoms with Gasteiger partial charge in [0.1, 0.15) is 40.6 Å². The van der Waals surface area contributed by atoms with Gasteiger partial charge in [-0.05, 0) is 156 Å². The van der Waals surface area contributed by atoms with Crippen LogP contribution in [0.15, 0.2) is 125 Å². The molecule has 6 aromatic heterocycles. The first kappa shape index (κ1) is 50.5. The molecular weight excluding hydrogens is 958 g/mol. The summed E-state index contributed by atoms with van der Waals surface area (Å²) in [5.74, 6) is 4.00. The highest BCUT2D eigenvalue weighted by molar-refractivity contribution is 7.18. The average molecular weight is 1020 g/mol. The van der Waals surface area contributed by atoms with Gasteiger partial charge in [-0.2, -0.15) is 0 Å². The first-order valence-corrected chi connectivity index (χ1v) is 25.8. The molecule has 0 bridgehead atoms. The number of benzene rings is 3. The standard InChI is InChI=1S/C20H23N3O2S.C18H19N3OS.C15H12ClNO2S.CH4/c1-22-7-9-23(10-8-22)20-19-16(6-13-26-19)14-18(21-20)15-2-4-17(5-3-15)25-12-11-24;1-20-7-9-21(10-8-20)18-17-14(6-11-23-17)12-16(19-18)13-2-4-15(22)5-3-13;1-18-9-19-12-4-2-10(3-5-12)13-8-11-6-7-20-14(11)15(16)17-13;/h2-6,13-14,24H,7-12H2,1H3;2-6,11-12,22H,7-10H2,1H3;2-8H,9H2,1H3;1H4. The molecule has 2 aliphatic rings. The van der Waals surface area contributed by atoms with E-state index in [4.69, 9.17) is 40.9 Å². The monoisotopic (exact) mass is 1020 g/mol. The third-order valence-electron chi connectivity index (χ3n) is 12.0. The summed E-state index contributed by atoms with van der Waals surface area (Å²) >= 11 is 11.3. The summed E-state index contributed by atoms with van der Waals surface area (Å²) in [4.78, 5) is 23.9. The molecule has 364 valence electrons. The van der Waals surface area contributed by atoms with Crippen molar-refractivity contribution >= 4 is 87.5 Å². The SMILES string of the molecule is C.CN1CCN(c2nc(-c3ccc(O)cc3)cc3ccsc23)CC1.CN1CCN(c2nc(-c3ccc(OCCO)cc3)cc3ccsc23)CC1.COCOc1ccc(-c2cc3ccsc3c(Cl)n2)cc1. The minimum absolute atomic E-state index is 0.